The topological polar surface area (TPSA) is 68.0 Å². The second-order valence-electron chi connectivity index (χ2n) is 5.49. The van der Waals surface area contributed by atoms with Gasteiger partial charge in [0.2, 0.25) is 5.91 Å². The molecule has 5 heteroatoms. The molecule has 1 heterocycles. The Balaban J connectivity index is 2.48. The number of aromatic nitrogens is 1. The number of amides is 1. The fourth-order valence-corrected chi connectivity index (χ4v) is 2.37. The molecule has 0 radical (unpaired) electrons. The van der Waals surface area contributed by atoms with E-state index in [2.05, 4.69) is 40.1 Å². The lowest BCUT2D eigenvalue weighted by Crippen LogP contribution is -2.18. The Kier molecular flexibility index (Phi) is 7.16. The average Bonchev–Trinajstić information content (AvgIpc) is 2.38. The van der Waals surface area contributed by atoms with E-state index in [1.807, 2.05) is 13.0 Å². The lowest BCUT2D eigenvalue weighted by atomic mass is 9.88. The van der Waals surface area contributed by atoms with Crippen molar-refractivity contribution < 1.29 is 4.79 Å². The van der Waals surface area contributed by atoms with Crippen LogP contribution < -0.4 is 11.1 Å². The van der Waals surface area contributed by atoms with E-state index in [9.17, 15) is 4.79 Å². The number of aryl methyl sites for hydroxylation is 1. The molecule has 0 bridgehead atoms. The predicted molar refractivity (Wildman–Crippen MR) is 86.5 cm³/mol. The third-order valence-corrected chi connectivity index (χ3v) is 4.37. The van der Waals surface area contributed by atoms with Crippen LogP contribution in [0.4, 0.5) is 5.82 Å². The maximum absolute atomic E-state index is 11.9. The molecule has 1 amide bonds. The second kappa shape index (κ2) is 8.37. The van der Waals surface area contributed by atoms with Crippen LogP contribution in [0.15, 0.2) is 16.7 Å². The number of hydrogen-bond donors (Lipinski definition) is 2. The molecule has 1 aromatic heterocycles. The third kappa shape index (κ3) is 5.59. The fraction of sp³-hybridized carbons (Fsp3) is 0.600. The van der Waals surface area contributed by atoms with Gasteiger partial charge in [0.1, 0.15) is 5.82 Å². The molecule has 1 atom stereocenters. The van der Waals surface area contributed by atoms with Gasteiger partial charge in [0.05, 0.1) is 0 Å². The number of pyridine rings is 1. The zero-order chi connectivity index (χ0) is 15.1. The van der Waals surface area contributed by atoms with Crippen molar-refractivity contribution >= 4 is 27.7 Å². The van der Waals surface area contributed by atoms with Crippen LogP contribution in [0.5, 0.6) is 0 Å². The number of nitrogens with zero attached hydrogens (tertiary/aromatic N) is 1. The molecule has 0 aliphatic rings. The number of halogens is 1. The van der Waals surface area contributed by atoms with Gasteiger partial charge < -0.3 is 11.1 Å². The first-order valence-electron chi connectivity index (χ1n) is 7.06. The minimum atomic E-state index is 0.0156. The smallest absolute Gasteiger partial charge is 0.225 e. The average molecular weight is 342 g/mol. The molecule has 20 heavy (non-hydrogen) atoms. The van der Waals surface area contributed by atoms with E-state index < -0.39 is 0 Å². The Hall–Kier alpha value is -0.940. The summed E-state index contributed by atoms with van der Waals surface area (Å²) in [4.78, 5) is 16.1. The van der Waals surface area contributed by atoms with Crippen molar-refractivity contribution in [2.24, 2.45) is 17.6 Å². The summed E-state index contributed by atoms with van der Waals surface area (Å²) in [5.74, 6) is 1.68. The molecular weight excluding hydrogens is 318 g/mol. The Bertz CT molecular complexity index is 449. The lowest BCUT2D eigenvalue weighted by molar-refractivity contribution is -0.116. The summed E-state index contributed by atoms with van der Waals surface area (Å²) >= 11 is 3.39. The minimum Gasteiger partial charge on any atom is -0.330 e. The van der Waals surface area contributed by atoms with E-state index in [1.54, 1.807) is 6.20 Å². The van der Waals surface area contributed by atoms with Crippen LogP contribution in [0.3, 0.4) is 0 Å². The highest BCUT2D eigenvalue weighted by molar-refractivity contribution is 9.10. The molecule has 1 unspecified atom stereocenters. The van der Waals surface area contributed by atoms with Gasteiger partial charge in [-0.05, 0) is 65.7 Å². The van der Waals surface area contributed by atoms with Crippen molar-refractivity contribution in [2.75, 3.05) is 11.9 Å². The number of hydrogen-bond acceptors (Lipinski definition) is 3. The monoisotopic (exact) mass is 341 g/mol. The van der Waals surface area contributed by atoms with Crippen molar-refractivity contribution in [3.05, 3.63) is 22.3 Å². The number of carbonyl (C=O) groups excluding carboxylic acids is 1. The van der Waals surface area contributed by atoms with Crippen LogP contribution in [-0.4, -0.2) is 17.4 Å². The normalized spacial score (nSPS) is 12.5. The number of carbonyl (C=O) groups is 1. The van der Waals surface area contributed by atoms with Crippen molar-refractivity contribution in [2.45, 2.75) is 40.0 Å². The highest BCUT2D eigenvalue weighted by Crippen LogP contribution is 2.21. The molecule has 1 rings (SSSR count). The number of nitrogens with two attached hydrogens (primary N) is 1. The van der Waals surface area contributed by atoms with Crippen LogP contribution in [0.1, 0.15) is 38.7 Å². The zero-order valence-electron chi connectivity index (χ0n) is 12.4. The lowest BCUT2D eigenvalue weighted by Gasteiger charge is -2.19. The summed E-state index contributed by atoms with van der Waals surface area (Å²) in [6.07, 6.45) is 4.06. The molecule has 0 aromatic carbocycles. The summed E-state index contributed by atoms with van der Waals surface area (Å²) < 4.78 is 0.943. The van der Waals surface area contributed by atoms with Crippen LogP contribution in [0.25, 0.3) is 0 Å². The molecule has 112 valence electrons. The van der Waals surface area contributed by atoms with Crippen molar-refractivity contribution in [1.29, 1.82) is 0 Å². The molecule has 0 fully saturated rings. The molecule has 4 nitrogen and oxygen atoms in total. The predicted octanol–water partition coefficient (Wildman–Crippen LogP) is 3.49. The maximum atomic E-state index is 11.9. The van der Waals surface area contributed by atoms with E-state index in [0.29, 0.717) is 30.6 Å². The van der Waals surface area contributed by atoms with Crippen LogP contribution in [0.2, 0.25) is 0 Å². The van der Waals surface area contributed by atoms with Gasteiger partial charge in [-0.3, -0.25) is 4.79 Å². The van der Waals surface area contributed by atoms with Gasteiger partial charge in [0.25, 0.3) is 0 Å². The fourth-order valence-electron chi connectivity index (χ4n) is 2.15. The first-order chi connectivity index (χ1) is 9.43. The summed E-state index contributed by atoms with van der Waals surface area (Å²) in [5, 5.41) is 2.84. The Labute approximate surface area is 129 Å². The van der Waals surface area contributed by atoms with E-state index in [-0.39, 0.29) is 5.91 Å². The Morgan fingerprint density at radius 1 is 1.45 bits per heavy atom. The van der Waals surface area contributed by atoms with Gasteiger partial charge in [0.15, 0.2) is 0 Å². The van der Waals surface area contributed by atoms with Gasteiger partial charge in [-0.1, -0.05) is 13.8 Å². The molecule has 0 spiro atoms. The van der Waals surface area contributed by atoms with Crippen LogP contribution in [-0.2, 0) is 4.79 Å². The summed E-state index contributed by atoms with van der Waals surface area (Å²) in [5.41, 5.74) is 6.67. The van der Waals surface area contributed by atoms with E-state index in [1.165, 1.54) is 0 Å². The molecule has 1 aromatic rings. The van der Waals surface area contributed by atoms with Gasteiger partial charge in [0, 0.05) is 17.1 Å². The Morgan fingerprint density at radius 3 is 2.70 bits per heavy atom. The number of rotatable bonds is 7. The van der Waals surface area contributed by atoms with E-state index in [0.717, 1.165) is 22.9 Å². The molecular formula is C15H24BrN3O. The SMILES string of the molecule is Cc1cc(NC(=O)CCC(CCN)C(C)C)ncc1Br. The van der Waals surface area contributed by atoms with Crippen molar-refractivity contribution in [3.8, 4) is 0 Å². The largest absolute Gasteiger partial charge is 0.330 e. The number of nitrogens with one attached hydrogen (secondary N) is 1. The highest BCUT2D eigenvalue weighted by Gasteiger charge is 2.14. The summed E-state index contributed by atoms with van der Waals surface area (Å²) in [6.45, 7) is 7.01. The highest BCUT2D eigenvalue weighted by atomic mass is 79.9. The first kappa shape index (κ1) is 17.1. The van der Waals surface area contributed by atoms with Crippen LogP contribution >= 0.6 is 15.9 Å². The van der Waals surface area contributed by atoms with Crippen molar-refractivity contribution in [1.82, 2.24) is 4.98 Å². The Morgan fingerprint density at radius 2 is 2.15 bits per heavy atom. The van der Waals surface area contributed by atoms with Gasteiger partial charge in [-0.2, -0.15) is 0 Å². The standard InChI is InChI=1S/C15H24BrN3O/c1-10(2)12(6-7-17)4-5-15(20)19-14-8-11(3)13(16)9-18-14/h8-10,12H,4-7,17H2,1-3H3,(H,18,19,20). The molecule has 0 saturated heterocycles. The van der Waals surface area contributed by atoms with E-state index >= 15 is 0 Å². The van der Waals surface area contributed by atoms with Gasteiger partial charge >= 0.3 is 0 Å². The second-order valence-corrected chi connectivity index (χ2v) is 6.34. The van der Waals surface area contributed by atoms with Crippen LogP contribution in [0, 0.1) is 18.8 Å². The third-order valence-electron chi connectivity index (χ3n) is 3.54. The first-order valence-corrected chi connectivity index (χ1v) is 7.85. The van der Waals surface area contributed by atoms with Gasteiger partial charge in [-0.15, -0.1) is 0 Å². The minimum absolute atomic E-state index is 0.0156. The zero-order valence-corrected chi connectivity index (χ0v) is 14.0. The molecule has 0 aliphatic heterocycles. The summed E-state index contributed by atoms with van der Waals surface area (Å²) in [7, 11) is 0. The van der Waals surface area contributed by atoms with Gasteiger partial charge in [-0.25, -0.2) is 4.98 Å². The van der Waals surface area contributed by atoms with Crippen molar-refractivity contribution in [3.63, 3.8) is 0 Å². The molecule has 0 saturated carbocycles. The quantitative estimate of drug-likeness (QED) is 0.797. The molecule has 0 aliphatic carbocycles. The molecule has 3 N–H and O–H groups in total. The number of anilines is 1. The summed E-state index contributed by atoms with van der Waals surface area (Å²) in [6, 6.07) is 1.86. The van der Waals surface area contributed by atoms with E-state index in [4.69, 9.17) is 5.73 Å². The maximum Gasteiger partial charge on any atom is 0.225 e.